The van der Waals surface area contributed by atoms with E-state index < -0.39 is 6.10 Å². The van der Waals surface area contributed by atoms with Gasteiger partial charge < -0.3 is 19.9 Å². The molecule has 0 saturated heterocycles. The third-order valence-corrected chi connectivity index (χ3v) is 4.45. The second-order valence-electron chi connectivity index (χ2n) is 6.81. The van der Waals surface area contributed by atoms with Gasteiger partial charge in [-0.3, -0.25) is 9.48 Å². The molecule has 1 heterocycles. The molecule has 2 N–H and O–H groups in total. The predicted octanol–water partition coefficient (Wildman–Crippen LogP) is 2.09. The minimum atomic E-state index is -0.860. The average molecular weight is 410 g/mol. The van der Waals surface area contributed by atoms with Crippen LogP contribution in [-0.2, 0) is 13.0 Å². The monoisotopic (exact) mass is 410 g/mol. The van der Waals surface area contributed by atoms with Crippen molar-refractivity contribution in [3.63, 3.8) is 0 Å². The number of aliphatic hydroxyl groups excluding tert-OH is 1. The number of aliphatic hydroxyl groups is 1. The number of aryl methyl sites for hydroxylation is 2. The van der Waals surface area contributed by atoms with Crippen LogP contribution < -0.4 is 14.8 Å². The number of carbonyl (C=O) groups is 1. The molecule has 3 aromatic rings. The highest BCUT2D eigenvalue weighted by molar-refractivity contribution is 5.91. The number of nitrogens with zero attached hydrogens (tertiary/aromatic N) is 3. The first-order valence-corrected chi connectivity index (χ1v) is 9.81. The Morgan fingerprint density at radius 3 is 2.77 bits per heavy atom. The maximum Gasteiger partial charge on any atom is 0.273 e. The quantitative estimate of drug-likeness (QED) is 0.502. The van der Waals surface area contributed by atoms with E-state index in [-0.39, 0.29) is 24.8 Å². The number of benzene rings is 2. The molecule has 1 atom stereocenters. The van der Waals surface area contributed by atoms with Crippen LogP contribution in [0.25, 0.3) is 0 Å². The molecule has 0 aliphatic carbocycles. The Balaban J connectivity index is 1.38. The van der Waals surface area contributed by atoms with Crippen molar-refractivity contribution < 1.29 is 19.4 Å². The maximum absolute atomic E-state index is 12.2. The van der Waals surface area contributed by atoms with Gasteiger partial charge in [-0.05, 0) is 30.5 Å². The number of methoxy groups -OCH3 is 1. The SMILES string of the molecule is COc1cccc(OC[C@@H](O)CNC(=O)c2cn(CCCc3ccccc3)nn2)c1. The van der Waals surface area contributed by atoms with Crippen LogP contribution in [0.5, 0.6) is 11.5 Å². The van der Waals surface area contributed by atoms with Crippen LogP contribution in [0.2, 0.25) is 0 Å². The fraction of sp³-hybridized carbons (Fsp3) is 0.318. The van der Waals surface area contributed by atoms with Crippen LogP contribution in [-0.4, -0.2) is 52.4 Å². The largest absolute Gasteiger partial charge is 0.497 e. The van der Waals surface area contributed by atoms with Crippen molar-refractivity contribution in [2.24, 2.45) is 0 Å². The summed E-state index contributed by atoms with van der Waals surface area (Å²) >= 11 is 0. The van der Waals surface area contributed by atoms with E-state index in [1.54, 1.807) is 42.3 Å². The first kappa shape index (κ1) is 21.3. The van der Waals surface area contributed by atoms with Gasteiger partial charge in [-0.2, -0.15) is 0 Å². The van der Waals surface area contributed by atoms with E-state index in [0.717, 1.165) is 12.8 Å². The highest BCUT2D eigenvalue weighted by atomic mass is 16.5. The van der Waals surface area contributed by atoms with Crippen molar-refractivity contribution in [3.8, 4) is 11.5 Å². The molecule has 2 aromatic carbocycles. The molecule has 8 nitrogen and oxygen atoms in total. The van der Waals surface area contributed by atoms with Crippen molar-refractivity contribution in [2.75, 3.05) is 20.3 Å². The molecule has 0 spiro atoms. The Kier molecular flexibility index (Phi) is 7.79. The highest BCUT2D eigenvalue weighted by Gasteiger charge is 2.13. The van der Waals surface area contributed by atoms with Crippen LogP contribution in [0.4, 0.5) is 0 Å². The number of amides is 1. The molecule has 1 amide bonds. The van der Waals surface area contributed by atoms with E-state index in [9.17, 15) is 9.90 Å². The number of hydrogen-bond donors (Lipinski definition) is 2. The van der Waals surface area contributed by atoms with Gasteiger partial charge in [0.05, 0.1) is 13.3 Å². The minimum Gasteiger partial charge on any atom is -0.497 e. The summed E-state index contributed by atoms with van der Waals surface area (Å²) in [5, 5.41) is 20.6. The third kappa shape index (κ3) is 6.59. The Labute approximate surface area is 175 Å². The Morgan fingerprint density at radius 2 is 1.97 bits per heavy atom. The summed E-state index contributed by atoms with van der Waals surface area (Å²) in [6.45, 7) is 0.759. The molecule has 0 aliphatic heterocycles. The zero-order chi connectivity index (χ0) is 21.2. The highest BCUT2D eigenvalue weighted by Crippen LogP contribution is 2.18. The van der Waals surface area contributed by atoms with Crippen molar-refractivity contribution >= 4 is 5.91 Å². The number of aromatic nitrogens is 3. The van der Waals surface area contributed by atoms with E-state index in [1.165, 1.54) is 5.56 Å². The van der Waals surface area contributed by atoms with Gasteiger partial charge in [0.2, 0.25) is 0 Å². The maximum atomic E-state index is 12.2. The first-order chi connectivity index (χ1) is 14.6. The van der Waals surface area contributed by atoms with Gasteiger partial charge in [0.1, 0.15) is 24.2 Å². The van der Waals surface area contributed by atoms with Crippen LogP contribution in [0, 0.1) is 0 Å². The fourth-order valence-corrected chi connectivity index (χ4v) is 2.84. The lowest BCUT2D eigenvalue weighted by Crippen LogP contribution is -2.35. The smallest absolute Gasteiger partial charge is 0.273 e. The number of rotatable bonds is 11. The molecular weight excluding hydrogens is 384 g/mol. The van der Waals surface area contributed by atoms with Gasteiger partial charge in [-0.25, -0.2) is 0 Å². The van der Waals surface area contributed by atoms with Crippen LogP contribution in [0.3, 0.4) is 0 Å². The molecule has 0 aliphatic rings. The molecule has 1 aromatic heterocycles. The normalized spacial score (nSPS) is 11.7. The lowest BCUT2D eigenvalue weighted by Gasteiger charge is -2.13. The standard InChI is InChI=1S/C22H26N4O4/c1-29-19-10-5-11-20(13-19)30-16-18(27)14-23-22(28)21-15-26(25-24-21)12-6-9-17-7-3-2-4-8-17/h2-5,7-8,10-11,13,15,18,27H,6,9,12,14,16H2,1H3,(H,23,28)/t18-/m0/s1. The summed E-state index contributed by atoms with van der Waals surface area (Å²) < 4.78 is 12.3. The first-order valence-electron chi connectivity index (χ1n) is 9.81. The molecule has 158 valence electrons. The number of ether oxygens (including phenoxy) is 2. The molecule has 0 bridgehead atoms. The molecule has 30 heavy (non-hydrogen) atoms. The number of hydrogen-bond acceptors (Lipinski definition) is 6. The Morgan fingerprint density at radius 1 is 1.17 bits per heavy atom. The molecule has 8 heteroatoms. The summed E-state index contributed by atoms with van der Waals surface area (Å²) in [4.78, 5) is 12.2. The molecule has 3 rings (SSSR count). The van der Waals surface area contributed by atoms with Gasteiger partial charge in [0.15, 0.2) is 5.69 Å². The number of carbonyl (C=O) groups excluding carboxylic acids is 1. The second kappa shape index (κ2) is 11.0. The predicted molar refractivity (Wildman–Crippen MR) is 112 cm³/mol. The lowest BCUT2D eigenvalue weighted by atomic mass is 10.1. The van der Waals surface area contributed by atoms with Crippen LogP contribution >= 0.6 is 0 Å². The summed E-state index contributed by atoms with van der Waals surface area (Å²) in [6, 6.07) is 17.3. The average Bonchev–Trinajstić information content (AvgIpc) is 3.26. The number of nitrogens with one attached hydrogen (secondary N) is 1. The van der Waals surface area contributed by atoms with Gasteiger partial charge in [0, 0.05) is 19.2 Å². The lowest BCUT2D eigenvalue weighted by molar-refractivity contribution is 0.0839. The van der Waals surface area contributed by atoms with Gasteiger partial charge in [-0.1, -0.05) is 41.6 Å². The molecule has 0 fully saturated rings. The Bertz CT molecular complexity index is 930. The second-order valence-corrected chi connectivity index (χ2v) is 6.81. The summed E-state index contributed by atoms with van der Waals surface area (Å²) in [7, 11) is 1.57. The molecule has 0 radical (unpaired) electrons. The van der Waals surface area contributed by atoms with E-state index >= 15 is 0 Å². The Hall–Kier alpha value is -3.39. The van der Waals surface area contributed by atoms with E-state index in [4.69, 9.17) is 9.47 Å². The van der Waals surface area contributed by atoms with Crippen LogP contribution in [0.15, 0.2) is 60.8 Å². The van der Waals surface area contributed by atoms with E-state index in [0.29, 0.717) is 18.0 Å². The van der Waals surface area contributed by atoms with Crippen molar-refractivity contribution in [1.82, 2.24) is 20.3 Å². The van der Waals surface area contributed by atoms with Gasteiger partial charge in [0.25, 0.3) is 5.91 Å². The third-order valence-electron chi connectivity index (χ3n) is 4.45. The van der Waals surface area contributed by atoms with Crippen LogP contribution in [0.1, 0.15) is 22.5 Å². The summed E-state index contributed by atoms with van der Waals surface area (Å²) in [5.41, 5.74) is 1.48. The van der Waals surface area contributed by atoms with Gasteiger partial charge >= 0.3 is 0 Å². The molecule has 0 unspecified atom stereocenters. The molecule has 0 saturated carbocycles. The van der Waals surface area contributed by atoms with Crippen molar-refractivity contribution in [3.05, 3.63) is 72.1 Å². The van der Waals surface area contributed by atoms with Crippen molar-refractivity contribution in [2.45, 2.75) is 25.5 Å². The fourth-order valence-electron chi connectivity index (χ4n) is 2.84. The van der Waals surface area contributed by atoms with E-state index in [1.807, 2.05) is 18.2 Å². The molecular formula is C22H26N4O4. The summed E-state index contributed by atoms with van der Waals surface area (Å²) in [6.07, 6.45) is 2.58. The minimum absolute atomic E-state index is 0.0413. The topological polar surface area (TPSA) is 98.5 Å². The van der Waals surface area contributed by atoms with Crippen molar-refractivity contribution in [1.29, 1.82) is 0 Å². The zero-order valence-corrected chi connectivity index (χ0v) is 16.9. The van der Waals surface area contributed by atoms with Gasteiger partial charge in [-0.15, -0.1) is 5.10 Å². The van der Waals surface area contributed by atoms with E-state index in [2.05, 4.69) is 27.8 Å². The summed E-state index contributed by atoms with van der Waals surface area (Å²) in [5.74, 6) is 0.866. The zero-order valence-electron chi connectivity index (χ0n) is 16.9.